The summed E-state index contributed by atoms with van der Waals surface area (Å²) < 4.78 is 0. The Balaban J connectivity index is 2.04. The molecule has 2 aromatic carbocycles. The van der Waals surface area contributed by atoms with Crippen LogP contribution in [-0.4, -0.2) is 5.91 Å². The molecule has 3 rings (SSSR count). The smallest absolute Gasteiger partial charge is 0.221 e. The lowest BCUT2D eigenvalue weighted by molar-refractivity contribution is -0.119. The van der Waals surface area contributed by atoms with Crippen molar-refractivity contribution in [2.24, 2.45) is 0 Å². The minimum Gasteiger partial charge on any atom is -0.349 e. The van der Waals surface area contributed by atoms with Crippen LogP contribution in [0.4, 0.5) is 0 Å². The highest BCUT2D eigenvalue weighted by Crippen LogP contribution is 2.40. The number of amides is 1. The molecule has 2 unspecified atom stereocenters. The van der Waals surface area contributed by atoms with Gasteiger partial charge in [0.1, 0.15) is 0 Å². The number of rotatable bonds is 2. The van der Waals surface area contributed by atoms with Gasteiger partial charge >= 0.3 is 0 Å². The highest BCUT2D eigenvalue weighted by atomic mass is 16.2. The van der Waals surface area contributed by atoms with Crippen molar-refractivity contribution in [2.75, 3.05) is 0 Å². The molecular formula is C19H21NO. The van der Waals surface area contributed by atoms with Crippen molar-refractivity contribution in [3.05, 3.63) is 70.3 Å². The summed E-state index contributed by atoms with van der Waals surface area (Å²) in [6.07, 6.45) is 0.572. The number of nitrogens with one attached hydrogen (secondary N) is 1. The van der Waals surface area contributed by atoms with E-state index in [9.17, 15) is 4.79 Å². The van der Waals surface area contributed by atoms with E-state index in [1.165, 1.54) is 27.8 Å². The van der Waals surface area contributed by atoms with Gasteiger partial charge in [0.15, 0.2) is 0 Å². The monoisotopic (exact) mass is 279 g/mol. The predicted octanol–water partition coefficient (Wildman–Crippen LogP) is 3.96. The van der Waals surface area contributed by atoms with Gasteiger partial charge in [-0.25, -0.2) is 0 Å². The SMILES string of the molecule is Cc1cc(C)c(C2CC(=O)NC2c2ccccc2)cc1C. The molecule has 1 fully saturated rings. The lowest BCUT2D eigenvalue weighted by Crippen LogP contribution is -2.20. The van der Waals surface area contributed by atoms with Gasteiger partial charge in [0.2, 0.25) is 5.91 Å². The molecule has 0 aromatic heterocycles. The molecule has 2 aromatic rings. The van der Waals surface area contributed by atoms with E-state index in [1.807, 2.05) is 18.2 Å². The molecule has 1 aliphatic rings. The minimum absolute atomic E-state index is 0.0829. The van der Waals surface area contributed by atoms with Gasteiger partial charge in [0.05, 0.1) is 6.04 Å². The topological polar surface area (TPSA) is 29.1 Å². The summed E-state index contributed by atoms with van der Waals surface area (Å²) in [5.74, 6) is 0.366. The summed E-state index contributed by atoms with van der Waals surface area (Å²) in [6, 6.07) is 14.8. The van der Waals surface area contributed by atoms with Gasteiger partial charge in [-0.05, 0) is 48.6 Å². The van der Waals surface area contributed by atoms with Crippen molar-refractivity contribution < 1.29 is 4.79 Å². The molecule has 21 heavy (non-hydrogen) atoms. The number of benzene rings is 2. The highest BCUT2D eigenvalue weighted by Gasteiger charge is 2.35. The third-order valence-corrected chi connectivity index (χ3v) is 4.56. The first kappa shape index (κ1) is 13.9. The molecule has 1 N–H and O–H groups in total. The molecule has 1 amide bonds. The van der Waals surface area contributed by atoms with Crippen LogP contribution < -0.4 is 5.32 Å². The van der Waals surface area contributed by atoms with E-state index in [0.717, 1.165) is 0 Å². The van der Waals surface area contributed by atoms with Crippen molar-refractivity contribution in [2.45, 2.75) is 39.2 Å². The number of carbonyl (C=O) groups is 1. The van der Waals surface area contributed by atoms with Gasteiger partial charge in [0, 0.05) is 12.3 Å². The quantitative estimate of drug-likeness (QED) is 0.886. The third kappa shape index (κ3) is 2.58. The van der Waals surface area contributed by atoms with E-state index in [0.29, 0.717) is 6.42 Å². The zero-order valence-electron chi connectivity index (χ0n) is 12.8. The fraction of sp³-hybridized carbons (Fsp3) is 0.316. The Hall–Kier alpha value is -2.09. The number of hydrogen-bond acceptors (Lipinski definition) is 1. The van der Waals surface area contributed by atoms with Crippen LogP contribution in [0.5, 0.6) is 0 Å². The van der Waals surface area contributed by atoms with Crippen LogP contribution in [-0.2, 0) is 4.79 Å². The Kier molecular flexibility index (Phi) is 3.54. The van der Waals surface area contributed by atoms with Crippen LogP contribution in [0.3, 0.4) is 0 Å². The van der Waals surface area contributed by atoms with E-state index < -0.39 is 0 Å². The molecule has 0 radical (unpaired) electrons. The molecule has 108 valence electrons. The summed E-state index contributed by atoms with van der Waals surface area (Å²) in [5, 5.41) is 3.14. The van der Waals surface area contributed by atoms with Gasteiger partial charge < -0.3 is 5.32 Å². The van der Waals surface area contributed by atoms with Crippen LogP contribution >= 0.6 is 0 Å². The van der Waals surface area contributed by atoms with E-state index >= 15 is 0 Å². The standard InChI is InChI=1S/C19H21NO/c1-12-9-14(3)16(10-13(12)2)17-11-18(21)20-19(17)15-7-5-4-6-8-15/h4-10,17,19H,11H2,1-3H3,(H,20,21). The molecule has 0 saturated carbocycles. The largest absolute Gasteiger partial charge is 0.349 e. The Labute approximate surface area is 126 Å². The van der Waals surface area contributed by atoms with Crippen molar-refractivity contribution >= 4 is 5.91 Å². The van der Waals surface area contributed by atoms with Crippen molar-refractivity contribution in [3.8, 4) is 0 Å². The lowest BCUT2D eigenvalue weighted by atomic mass is 9.84. The van der Waals surface area contributed by atoms with Crippen LogP contribution in [0.1, 0.15) is 46.2 Å². The fourth-order valence-electron chi connectivity index (χ4n) is 3.30. The van der Waals surface area contributed by atoms with Crippen LogP contribution in [0.25, 0.3) is 0 Å². The summed E-state index contributed by atoms with van der Waals surface area (Å²) in [5.41, 5.74) is 6.36. The lowest BCUT2D eigenvalue weighted by Gasteiger charge is -2.22. The average Bonchev–Trinajstić information content (AvgIpc) is 2.85. The molecule has 0 bridgehead atoms. The highest BCUT2D eigenvalue weighted by molar-refractivity contribution is 5.80. The zero-order valence-corrected chi connectivity index (χ0v) is 12.8. The number of carbonyl (C=O) groups excluding carboxylic acids is 1. The van der Waals surface area contributed by atoms with Crippen LogP contribution in [0.2, 0.25) is 0 Å². The first-order valence-corrected chi connectivity index (χ1v) is 7.48. The fourth-order valence-corrected chi connectivity index (χ4v) is 3.30. The summed E-state index contributed by atoms with van der Waals surface area (Å²) in [7, 11) is 0. The van der Waals surface area contributed by atoms with Gasteiger partial charge in [-0.1, -0.05) is 42.5 Å². The maximum Gasteiger partial charge on any atom is 0.221 e. The molecule has 1 saturated heterocycles. The molecule has 0 aliphatic carbocycles. The van der Waals surface area contributed by atoms with E-state index in [1.54, 1.807) is 0 Å². The van der Waals surface area contributed by atoms with Gasteiger partial charge in [0.25, 0.3) is 0 Å². The zero-order chi connectivity index (χ0) is 15.0. The van der Waals surface area contributed by atoms with Gasteiger partial charge in [-0.3, -0.25) is 4.79 Å². The molecular weight excluding hydrogens is 258 g/mol. The van der Waals surface area contributed by atoms with Crippen molar-refractivity contribution in [3.63, 3.8) is 0 Å². The Morgan fingerprint density at radius 1 is 0.952 bits per heavy atom. The average molecular weight is 279 g/mol. The normalized spacial score (nSPS) is 21.4. The van der Waals surface area contributed by atoms with Gasteiger partial charge in [-0.15, -0.1) is 0 Å². The summed E-state index contributed by atoms with van der Waals surface area (Å²) in [6.45, 7) is 6.42. The molecule has 0 spiro atoms. The molecule has 2 nitrogen and oxygen atoms in total. The summed E-state index contributed by atoms with van der Waals surface area (Å²) >= 11 is 0. The van der Waals surface area contributed by atoms with Crippen molar-refractivity contribution in [1.82, 2.24) is 5.32 Å². The number of aryl methyl sites for hydroxylation is 3. The summed E-state index contributed by atoms with van der Waals surface area (Å²) in [4.78, 5) is 12.0. The Bertz CT molecular complexity index is 675. The molecule has 1 heterocycles. The van der Waals surface area contributed by atoms with E-state index in [-0.39, 0.29) is 17.9 Å². The Morgan fingerprint density at radius 3 is 2.33 bits per heavy atom. The van der Waals surface area contributed by atoms with Crippen LogP contribution in [0.15, 0.2) is 42.5 Å². The minimum atomic E-state index is 0.0829. The number of hydrogen-bond donors (Lipinski definition) is 1. The Morgan fingerprint density at radius 2 is 1.62 bits per heavy atom. The predicted molar refractivity (Wildman–Crippen MR) is 85.3 cm³/mol. The van der Waals surface area contributed by atoms with E-state index in [4.69, 9.17) is 0 Å². The molecule has 2 heteroatoms. The first-order chi connectivity index (χ1) is 10.1. The van der Waals surface area contributed by atoms with Gasteiger partial charge in [-0.2, -0.15) is 0 Å². The van der Waals surface area contributed by atoms with Crippen LogP contribution in [0, 0.1) is 20.8 Å². The second-order valence-electron chi connectivity index (χ2n) is 6.06. The molecule has 2 atom stereocenters. The molecule has 1 aliphatic heterocycles. The first-order valence-electron chi connectivity index (χ1n) is 7.48. The maximum atomic E-state index is 12.0. The second-order valence-corrected chi connectivity index (χ2v) is 6.06. The third-order valence-electron chi connectivity index (χ3n) is 4.56. The second kappa shape index (κ2) is 5.36. The van der Waals surface area contributed by atoms with E-state index in [2.05, 4.69) is 50.4 Å². The maximum absolute atomic E-state index is 12.0. The van der Waals surface area contributed by atoms with Crippen molar-refractivity contribution in [1.29, 1.82) is 0 Å².